The van der Waals surface area contributed by atoms with E-state index in [0.29, 0.717) is 19.4 Å². The fraction of sp³-hybridized carbons (Fsp3) is 0.920. The molecule has 0 bridgehead atoms. The van der Waals surface area contributed by atoms with Crippen molar-refractivity contribution in [2.24, 2.45) is 5.73 Å². The molecule has 0 heterocycles. The number of carbonyl (C=O) groups is 2. The molecule has 0 aliphatic heterocycles. The lowest BCUT2D eigenvalue weighted by atomic mass is 9.97. The molecular formula is C25H51N3O3. The van der Waals surface area contributed by atoms with Gasteiger partial charge in [-0.15, -0.1) is 0 Å². The molecule has 0 aromatic rings. The van der Waals surface area contributed by atoms with Crippen LogP contribution in [0.2, 0.25) is 0 Å². The number of nitrogens with zero attached hydrogens (tertiary/aromatic N) is 2. The molecule has 0 aromatic carbocycles. The Morgan fingerprint density at radius 3 is 1.42 bits per heavy atom. The summed E-state index contributed by atoms with van der Waals surface area (Å²) in [6.45, 7) is 4.53. The van der Waals surface area contributed by atoms with E-state index >= 15 is 0 Å². The molecule has 0 fully saturated rings. The van der Waals surface area contributed by atoms with Gasteiger partial charge in [0.25, 0.3) is 0 Å². The van der Waals surface area contributed by atoms with Crippen LogP contribution < -0.4 is 10.8 Å². The zero-order chi connectivity index (χ0) is 23.8. The van der Waals surface area contributed by atoms with Crippen molar-refractivity contribution >= 4 is 12.0 Å². The molecule has 1 atom stereocenters. The fourth-order valence-electron chi connectivity index (χ4n) is 4.61. The van der Waals surface area contributed by atoms with Gasteiger partial charge >= 0.3 is 6.03 Å². The van der Waals surface area contributed by atoms with Gasteiger partial charge in [0.15, 0.2) is 0 Å². The van der Waals surface area contributed by atoms with Gasteiger partial charge in [-0.3, -0.25) is 4.90 Å². The van der Waals surface area contributed by atoms with Crippen LogP contribution in [0.5, 0.6) is 0 Å². The first-order chi connectivity index (χ1) is 14.6. The topological polar surface area (TPSA) is 86.5 Å². The molecule has 0 radical (unpaired) electrons. The number of rotatable bonds is 20. The number of aliphatic carboxylic acids is 1. The van der Waals surface area contributed by atoms with E-state index in [2.05, 4.69) is 6.92 Å². The summed E-state index contributed by atoms with van der Waals surface area (Å²) >= 11 is 0. The molecule has 0 saturated carbocycles. The number of unbranched alkanes of at least 4 members (excludes halogenated alkanes) is 13. The molecule has 184 valence electrons. The van der Waals surface area contributed by atoms with Crippen molar-refractivity contribution in [3.63, 3.8) is 0 Å². The molecular weight excluding hydrogens is 390 g/mol. The molecule has 2 amide bonds. The smallest absolute Gasteiger partial charge is 0.319 e. The van der Waals surface area contributed by atoms with Gasteiger partial charge in [-0.2, -0.15) is 0 Å². The normalized spacial score (nSPS) is 13.7. The number of urea groups is 1. The highest BCUT2D eigenvalue weighted by Gasteiger charge is 2.50. The lowest BCUT2D eigenvalue weighted by Gasteiger charge is -2.52. The van der Waals surface area contributed by atoms with Crippen molar-refractivity contribution in [3.05, 3.63) is 0 Å². The van der Waals surface area contributed by atoms with Gasteiger partial charge in [-0.1, -0.05) is 97.3 Å². The average Bonchev–Trinajstić information content (AvgIpc) is 2.68. The zero-order valence-corrected chi connectivity index (χ0v) is 21.2. The minimum Gasteiger partial charge on any atom is -0.542 e. The van der Waals surface area contributed by atoms with Gasteiger partial charge in [-0.05, 0) is 12.8 Å². The largest absolute Gasteiger partial charge is 0.542 e. The number of likely N-dealkylation sites (N-methyl/N-ethyl adjacent to an activating group) is 1. The van der Waals surface area contributed by atoms with Crippen molar-refractivity contribution in [1.82, 2.24) is 4.90 Å². The van der Waals surface area contributed by atoms with E-state index < -0.39 is 17.7 Å². The number of hydrogen-bond acceptors (Lipinski definition) is 3. The van der Waals surface area contributed by atoms with Crippen molar-refractivity contribution < 1.29 is 19.2 Å². The summed E-state index contributed by atoms with van der Waals surface area (Å²) in [5.74, 6) is -1.23. The second-order valence-corrected chi connectivity index (χ2v) is 9.95. The highest BCUT2D eigenvalue weighted by molar-refractivity contribution is 5.83. The Labute approximate surface area is 192 Å². The summed E-state index contributed by atoms with van der Waals surface area (Å²) < 4.78 is 0.0741. The van der Waals surface area contributed by atoms with E-state index in [0.717, 1.165) is 19.3 Å². The third-order valence-electron chi connectivity index (χ3n) is 6.48. The summed E-state index contributed by atoms with van der Waals surface area (Å²) in [7, 11) is 5.35. The number of amides is 2. The Morgan fingerprint density at radius 2 is 1.13 bits per heavy atom. The van der Waals surface area contributed by atoms with Gasteiger partial charge in [0, 0.05) is 13.0 Å². The number of hydrogen-bond donors (Lipinski definition) is 1. The second kappa shape index (κ2) is 16.3. The molecule has 6 heteroatoms. The Balaban J connectivity index is 4.23. The van der Waals surface area contributed by atoms with Crippen molar-refractivity contribution in [2.75, 3.05) is 27.7 Å². The van der Waals surface area contributed by atoms with Crippen molar-refractivity contribution in [2.45, 2.75) is 122 Å². The van der Waals surface area contributed by atoms with Gasteiger partial charge < -0.3 is 20.1 Å². The molecule has 0 aliphatic carbocycles. The van der Waals surface area contributed by atoms with Gasteiger partial charge in [-0.25, -0.2) is 4.79 Å². The summed E-state index contributed by atoms with van der Waals surface area (Å²) in [6, 6.07) is -0.680. The number of carbonyl (C=O) groups excluding carboxylic acids is 2. The number of carboxylic acids is 1. The lowest BCUT2D eigenvalue weighted by Crippen LogP contribution is -2.75. The van der Waals surface area contributed by atoms with Crippen LogP contribution in [0.25, 0.3) is 0 Å². The van der Waals surface area contributed by atoms with Crippen LogP contribution in [-0.4, -0.2) is 54.7 Å². The number of nitrogens with two attached hydrogens (primary N) is 1. The highest BCUT2D eigenvalue weighted by Crippen LogP contribution is 2.29. The predicted molar refractivity (Wildman–Crippen MR) is 127 cm³/mol. The van der Waals surface area contributed by atoms with Gasteiger partial charge in [0.2, 0.25) is 5.66 Å². The van der Waals surface area contributed by atoms with Crippen molar-refractivity contribution in [1.29, 1.82) is 0 Å². The average molecular weight is 442 g/mol. The third kappa shape index (κ3) is 10.7. The SMILES string of the molecule is CCCCCCCCCCCCCCCCN(C(N)=O)C(CCC)(C(=O)[O-])[N+](C)(C)C. The van der Waals surface area contributed by atoms with Crippen LogP contribution >= 0.6 is 0 Å². The summed E-state index contributed by atoms with van der Waals surface area (Å²) in [5, 5.41) is 12.2. The van der Waals surface area contributed by atoms with Crippen LogP contribution in [0.1, 0.15) is 117 Å². The molecule has 0 rings (SSSR count). The molecule has 0 saturated heterocycles. The first-order valence-corrected chi connectivity index (χ1v) is 12.7. The monoisotopic (exact) mass is 441 g/mol. The van der Waals surface area contributed by atoms with Crippen LogP contribution in [0.15, 0.2) is 0 Å². The number of carboxylic acid groups (broad SMARTS) is 1. The summed E-state index contributed by atoms with van der Waals surface area (Å²) in [6.07, 6.45) is 18.5. The molecule has 2 N–H and O–H groups in total. The van der Waals surface area contributed by atoms with Gasteiger partial charge in [0.05, 0.1) is 21.1 Å². The first kappa shape index (κ1) is 29.7. The van der Waals surface area contributed by atoms with Crippen LogP contribution in [-0.2, 0) is 4.79 Å². The predicted octanol–water partition coefficient (Wildman–Crippen LogP) is 4.80. The Morgan fingerprint density at radius 1 is 0.742 bits per heavy atom. The highest BCUT2D eigenvalue weighted by atomic mass is 16.4. The Bertz CT molecular complexity index is 491. The minimum absolute atomic E-state index is 0.0741. The standard InChI is InChI=1S/C25H51N3O3/c1-6-8-9-10-11-12-13-14-15-16-17-18-19-20-22-27(24(26)31)25(21-7-2,23(29)30)28(3,4)5/h6-22H2,1-5H3,(H2-,26,29,30,31). The number of primary amides is 1. The van der Waals surface area contributed by atoms with E-state index in [-0.39, 0.29) is 4.48 Å². The quantitative estimate of drug-likeness (QED) is 0.167. The van der Waals surface area contributed by atoms with E-state index in [1.54, 1.807) is 21.1 Å². The van der Waals surface area contributed by atoms with E-state index in [1.807, 2.05) is 6.92 Å². The molecule has 31 heavy (non-hydrogen) atoms. The zero-order valence-electron chi connectivity index (χ0n) is 21.2. The minimum atomic E-state index is -1.43. The molecule has 1 unspecified atom stereocenters. The maximum absolute atomic E-state index is 12.2. The first-order valence-electron chi connectivity index (χ1n) is 12.7. The lowest BCUT2D eigenvalue weighted by molar-refractivity contribution is -0.928. The van der Waals surface area contributed by atoms with E-state index in [9.17, 15) is 14.7 Å². The Hall–Kier alpha value is -1.30. The summed E-state index contributed by atoms with van der Waals surface area (Å²) in [4.78, 5) is 25.7. The van der Waals surface area contributed by atoms with E-state index in [4.69, 9.17) is 5.73 Å². The molecule has 6 nitrogen and oxygen atoms in total. The maximum Gasteiger partial charge on any atom is 0.319 e. The second-order valence-electron chi connectivity index (χ2n) is 9.95. The third-order valence-corrected chi connectivity index (χ3v) is 6.48. The number of quaternary nitrogens is 1. The van der Waals surface area contributed by atoms with Crippen LogP contribution in [0.4, 0.5) is 4.79 Å². The van der Waals surface area contributed by atoms with Crippen molar-refractivity contribution in [3.8, 4) is 0 Å². The van der Waals surface area contributed by atoms with Gasteiger partial charge in [0.1, 0.15) is 5.97 Å². The fourth-order valence-corrected chi connectivity index (χ4v) is 4.61. The maximum atomic E-state index is 12.2. The van der Waals surface area contributed by atoms with Crippen LogP contribution in [0, 0.1) is 0 Å². The van der Waals surface area contributed by atoms with E-state index in [1.165, 1.54) is 75.5 Å². The molecule has 0 spiro atoms. The Kier molecular flexibility index (Phi) is 15.7. The molecule has 0 aromatic heterocycles. The summed E-state index contributed by atoms with van der Waals surface area (Å²) in [5.41, 5.74) is 4.19. The van der Waals surface area contributed by atoms with Crippen LogP contribution in [0.3, 0.4) is 0 Å². The molecule has 0 aliphatic rings.